The van der Waals surface area contributed by atoms with Crippen molar-refractivity contribution in [2.45, 2.75) is 48.4 Å². The topological polar surface area (TPSA) is 60.4 Å². The van der Waals surface area contributed by atoms with Crippen LogP contribution in [0.4, 0.5) is 8.78 Å². The van der Waals surface area contributed by atoms with Gasteiger partial charge in [-0.25, -0.2) is 17.2 Å². The average molecular weight is 429 g/mol. The van der Waals surface area contributed by atoms with Crippen LogP contribution in [0.5, 0.6) is 0 Å². The van der Waals surface area contributed by atoms with Crippen LogP contribution in [0.3, 0.4) is 0 Å². The normalized spacial score (nSPS) is 22.6. The van der Waals surface area contributed by atoms with E-state index in [9.17, 15) is 22.0 Å². The predicted molar refractivity (Wildman–Crippen MR) is 101 cm³/mol. The number of ether oxygens (including phenoxy) is 1. The summed E-state index contributed by atoms with van der Waals surface area (Å²) in [6, 6.07) is 8.41. The molecule has 1 aliphatic rings. The summed E-state index contributed by atoms with van der Waals surface area (Å²) < 4.78 is 59.3. The fourth-order valence-corrected chi connectivity index (χ4v) is 6.07. The minimum absolute atomic E-state index is 0.00369. The summed E-state index contributed by atoms with van der Waals surface area (Å²) >= 11 is 5.86. The zero-order valence-electron chi connectivity index (χ0n) is 15.1. The maximum Gasteiger partial charge on any atom is 0.302 e. The third kappa shape index (κ3) is 3.78. The highest BCUT2D eigenvalue weighted by Gasteiger charge is 2.50. The van der Waals surface area contributed by atoms with Gasteiger partial charge in [0.1, 0.15) is 22.5 Å². The van der Waals surface area contributed by atoms with Gasteiger partial charge < -0.3 is 4.74 Å². The molecule has 0 unspecified atom stereocenters. The quantitative estimate of drug-likeness (QED) is 0.657. The van der Waals surface area contributed by atoms with Crippen LogP contribution in [-0.2, 0) is 24.1 Å². The Morgan fingerprint density at radius 1 is 1.11 bits per heavy atom. The van der Waals surface area contributed by atoms with Crippen molar-refractivity contribution in [2.24, 2.45) is 0 Å². The van der Waals surface area contributed by atoms with E-state index in [2.05, 4.69) is 0 Å². The van der Waals surface area contributed by atoms with Gasteiger partial charge in [0, 0.05) is 17.5 Å². The maximum atomic E-state index is 14.7. The second-order valence-electron chi connectivity index (χ2n) is 6.88. The fourth-order valence-electron chi connectivity index (χ4n) is 3.78. The van der Waals surface area contributed by atoms with Crippen molar-refractivity contribution in [3.8, 4) is 0 Å². The molecule has 0 N–H and O–H groups in total. The van der Waals surface area contributed by atoms with E-state index in [1.165, 1.54) is 31.2 Å². The molecule has 0 aromatic heterocycles. The van der Waals surface area contributed by atoms with Crippen LogP contribution in [0, 0.1) is 11.6 Å². The number of carbonyl (C=O) groups is 1. The van der Waals surface area contributed by atoms with Crippen molar-refractivity contribution >= 4 is 27.4 Å². The van der Waals surface area contributed by atoms with Crippen molar-refractivity contribution in [2.75, 3.05) is 0 Å². The molecule has 2 aromatic carbocycles. The van der Waals surface area contributed by atoms with Gasteiger partial charge in [0.25, 0.3) is 0 Å². The average Bonchev–Trinajstić information content (AvgIpc) is 2.64. The third-order valence-electron chi connectivity index (χ3n) is 5.13. The van der Waals surface area contributed by atoms with Crippen molar-refractivity contribution in [3.63, 3.8) is 0 Å². The van der Waals surface area contributed by atoms with E-state index in [0.29, 0.717) is 5.02 Å². The summed E-state index contributed by atoms with van der Waals surface area (Å²) in [6.45, 7) is 1.28. The minimum Gasteiger partial charge on any atom is -0.463 e. The van der Waals surface area contributed by atoms with Crippen LogP contribution in [0.2, 0.25) is 5.02 Å². The molecule has 28 heavy (non-hydrogen) atoms. The highest BCUT2D eigenvalue weighted by molar-refractivity contribution is 7.92. The van der Waals surface area contributed by atoms with Gasteiger partial charge >= 0.3 is 5.97 Å². The first-order valence-electron chi connectivity index (χ1n) is 8.79. The molecule has 2 aromatic rings. The number of hydrogen-bond donors (Lipinski definition) is 0. The number of esters is 1. The van der Waals surface area contributed by atoms with Gasteiger partial charge in [-0.3, -0.25) is 4.79 Å². The first-order valence-corrected chi connectivity index (χ1v) is 10.6. The summed E-state index contributed by atoms with van der Waals surface area (Å²) in [5.74, 6) is -1.97. The summed E-state index contributed by atoms with van der Waals surface area (Å²) in [5, 5.41) is 0.364. The van der Waals surface area contributed by atoms with E-state index in [-0.39, 0.29) is 36.1 Å². The highest BCUT2D eigenvalue weighted by atomic mass is 35.5. The number of benzene rings is 2. The summed E-state index contributed by atoms with van der Waals surface area (Å²) in [5.41, 5.74) is -0.205. The smallest absolute Gasteiger partial charge is 0.302 e. The van der Waals surface area contributed by atoms with E-state index in [1.54, 1.807) is 0 Å². The Labute approximate surface area is 167 Å². The molecule has 0 spiro atoms. The summed E-state index contributed by atoms with van der Waals surface area (Å²) in [6.07, 6.45) is -0.0141. The predicted octanol–water partition coefficient (Wildman–Crippen LogP) is 4.79. The summed E-state index contributed by atoms with van der Waals surface area (Å²) in [7, 11) is -4.09. The lowest BCUT2D eigenvalue weighted by atomic mass is 9.81. The maximum absolute atomic E-state index is 14.7. The van der Waals surface area contributed by atoms with Crippen LogP contribution >= 0.6 is 11.6 Å². The Bertz CT molecular complexity index is 982. The molecular weight excluding hydrogens is 410 g/mol. The second kappa shape index (κ2) is 7.79. The van der Waals surface area contributed by atoms with Crippen LogP contribution in [0.15, 0.2) is 47.4 Å². The zero-order valence-corrected chi connectivity index (χ0v) is 16.7. The molecule has 0 aliphatic heterocycles. The highest BCUT2D eigenvalue weighted by Crippen LogP contribution is 2.48. The van der Waals surface area contributed by atoms with Crippen molar-refractivity contribution in [3.05, 3.63) is 64.7 Å². The van der Waals surface area contributed by atoms with E-state index >= 15 is 0 Å². The standard InChI is InChI=1S/C20H19ClF2O4S/c1-13(24)27-16-8-10-20(11-9-16,18-12-15(22)4-7-19(18)23)28(25,26)17-5-2-14(21)3-6-17/h2-7,12,16H,8-11H2,1H3/t16-,20+. The number of rotatable bonds is 4. The molecule has 0 saturated heterocycles. The van der Waals surface area contributed by atoms with Crippen LogP contribution in [0.1, 0.15) is 38.2 Å². The molecule has 0 radical (unpaired) electrons. The Morgan fingerprint density at radius 2 is 1.71 bits per heavy atom. The van der Waals surface area contributed by atoms with Gasteiger partial charge in [-0.1, -0.05) is 11.6 Å². The van der Waals surface area contributed by atoms with E-state index in [1.807, 2.05) is 0 Å². The first-order chi connectivity index (χ1) is 13.2. The number of halogens is 3. The van der Waals surface area contributed by atoms with Crippen molar-refractivity contribution < 1.29 is 26.7 Å². The van der Waals surface area contributed by atoms with E-state index < -0.39 is 38.3 Å². The lowest BCUT2D eigenvalue weighted by Gasteiger charge is -2.39. The van der Waals surface area contributed by atoms with E-state index in [4.69, 9.17) is 16.3 Å². The van der Waals surface area contributed by atoms with E-state index in [0.717, 1.165) is 18.2 Å². The monoisotopic (exact) mass is 428 g/mol. The third-order valence-corrected chi connectivity index (χ3v) is 7.93. The van der Waals surface area contributed by atoms with Gasteiger partial charge in [-0.15, -0.1) is 0 Å². The van der Waals surface area contributed by atoms with Gasteiger partial charge in [0.05, 0.1) is 4.90 Å². The van der Waals surface area contributed by atoms with Crippen molar-refractivity contribution in [1.29, 1.82) is 0 Å². The van der Waals surface area contributed by atoms with Crippen LogP contribution in [0.25, 0.3) is 0 Å². The van der Waals surface area contributed by atoms with Gasteiger partial charge in [0.2, 0.25) is 0 Å². The zero-order chi connectivity index (χ0) is 20.5. The molecule has 1 saturated carbocycles. The minimum atomic E-state index is -4.09. The summed E-state index contributed by atoms with van der Waals surface area (Å²) in [4.78, 5) is 11.2. The molecule has 1 aliphatic carbocycles. The molecule has 0 amide bonds. The fraction of sp³-hybridized carbons (Fsp3) is 0.350. The number of hydrogen-bond acceptors (Lipinski definition) is 4. The molecule has 8 heteroatoms. The van der Waals surface area contributed by atoms with Gasteiger partial charge in [0.15, 0.2) is 9.84 Å². The lowest BCUT2D eigenvalue weighted by Crippen LogP contribution is -2.42. The molecular formula is C20H19ClF2O4S. The molecule has 0 heterocycles. The Balaban J connectivity index is 2.12. The van der Waals surface area contributed by atoms with Crippen molar-refractivity contribution in [1.82, 2.24) is 0 Å². The van der Waals surface area contributed by atoms with Gasteiger partial charge in [-0.05, 0) is 68.1 Å². The molecule has 4 nitrogen and oxygen atoms in total. The largest absolute Gasteiger partial charge is 0.463 e. The molecule has 0 atom stereocenters. The SMILES string of the molecule is CC(=O)O[C@H]1CC[C@@](c2cc(F)ccc2F)(S(=O)(=O)c2ccc(Cl)cc2)CC1. The second-order valence-corrected chi connectivity index (χ2v) is 9.58. The Kier molecular flexibility index (Phi) is 5.77. The Hall–Kier alpha value is -1.99. The molecule has 0 bridgehead atoms. The van der Waals surface area contributed by atoms with Crippen LogP contribution in [-0.4, -0.2) is 20.5 Å². The lowest BCUT2D eigenvalue weighted by molar-refractivity contribution is -0.148. The van der Waals surface area contributed by atoms with Crippen LogP contribution < -0.4 is 0 Å². The number of carbonyl (C=O) groups excluding carboxylic acids is 1. The van der Waals surface area contributed by atoms with Gasteiger partial charge in [-0.2, -0.15) is 0 Å². The Morgan fingerprint density at radius 3 is 2.29 bits per heavy atom. The molecule has 3 rings (SSSR count). The first kappa shape index (κ1) is 20.7. The molecule has 150 valence electrons. The number of sulfone groups is 1. The molecule has 1 fully saturated rings.